The molecule has 0 saturated heterocycles. The molecule has 5 heteroatoms. The number of nitrogens with two attached hydrogens (primary N) is 1. The predicted octanol–water partition coefficient (Wildman–Crippen LogP) is -0.551. The lowest BCUT2D eigenvalue weighted by atomic mass is 10.4. The van der Waals surface area contributed by atoms with E-state index in [1.165, 1.54) is 17.8 Å². The van der Waals surface area contributed by atoms with Gasteiger partial charge in [-0.15, -0.1) is 5.10 Å². The van der Waals surface area contributed by atoms with Crippen LogP contribution in [0.2, 0.25) is 0 Å². The lowest BCUT2D eigenvalue weighted by Gasteiger charge is -1.90. The molecule has 1 aromatic heterocycles. The summed E-state index contributed by atoms with van der Waals surface area (Å²) < 4.78 is 1.40. The van der Waals surface area contributed by atoms with Crippen LogP contribution in [0.1, 0.15) is 6.92 Å². The number of hydrogen-bond donors (Lipinski definition) is 1. The fourth-order valence-corrected chi connectivity index (χ4v) is 0.619. The van der Waals surface area contributed by atoms with Gasteiger partial charge in [-0.1, -0.05) is 5.21 Å². The van der Waals surface area contributed by atoms with Crippen molar-refractivity contribution < 1.29 is 4.79 Å². The topological polar surface area (TPSA) is 73.8 Å². The van der Waals surface area contributed by atoms with Crippen LogP contribution in [0.15, 0.2) is 6.20 Å². The molecule has 0 fully saturated rings. The Morgan fingerprint density at radius 3 is 3.00 bits per heavy atom. The van der Waals surface area contributed by atoms with Crippen molar-refractivity contribution in [2.24, 2.45) is 0 Å². The van der Waals surface area contributed by atoms with Gasteiger partial charge in [-0.2, -0.15) is 0 Å². The third-order valence-electron chi connectivity index (χ3n) is 0.941. The minimum Gasteiger partial charge on any atom is -0.381 e. The van der Waals surface area contributed by atoms with Gasteiger partial charge in [-0.3, -0.25) is 4.79 Å². The third kappa shape index (κ3) is 1.54. The molecule has 10 heavy (non-hydrogen) atoms. The Labute approximate surface area is 57.8 Å². The first kappa shape index (κ1) is 6.73. The van der Waals surface area contributed by atoms with Gasteiger partial charge in [-0.05, 0) is 6.92 Å². The number of hydrogen-bond acceptors (Lipinski definition) is 4. The van der Waals surface area contributed by atoms with E-state index in [1.807, 2.05) is 0 Å². The van der Waals surface area contributed by atoms with E-state index >= 15 is 0 Å². The summed E-state index contributed by atoms with van der Waals surface area (Å²) in [5, 5.41) is 7.08. The van der Waals surface area contributed by atoms with Crippen molar-refractivity contribution in [2.45, 2.75) is 13.5 Å². The average molecular weight is 140 g/mol. The van der Waals surface area contributed by atoms with Crippen LogP contribution < -0.4 is 5.73 Å². The first-order valence-electron chi connectivity index (χ1n) is 2.83. The molecule has 0 spiro atoms. The second-order valence-electron chi connectivity index (χ2n) is 2.04. The van der Waals surface area contributed by atoms with Crippen molar-refractivity contribution in [3.05, 3.63) is 6.20 Å². The SMILES string of the molecule is CC(=O)Cn1cc(N)nn1. The largest absolute Gasteiger partial charge is 0.381 e. The lowest BCUT2D eigenvalue weighted by Crippen LogP contribution is -2.06. The molecule has 0 aliphatic rings. The normalized spacial score (nSPS) is 9.70. The number of aromatic nitrogens is 3. The van der Waals surface area contributed by atoms with Crippen molar-refractivity contribution in [1.82, 2.24) is 15.0 Å². The molecule has 0 aliphatic carbocycles. The van der Waals surface area contributed by atoms with E-state index in [2.05, 4.69) is 10.3 Å². The molecule has 0 aromatic carbocycles. The highest BCUT2D eigenvalue weighted by atomic mass is 16.1. The van der Waals surface area contributed by atoms with Crippen LogP contribution in [0, 0.1) is 0 Å². The Hall–Kier alpha value is -1.39. The van der Waals surface area contributed by atoms with Gasteiger partial charge in [0.2, 0.25) is 0 Å². The van der Waals surface area contributed by atoms with E-state index < -0.39 is 0 Å². The van der Waals surface area contributed by atoms with Gasteiger partial charge >= 0.3 is 0 Å². The van der Waals surface area contributed by atoms with Crippen LogP contribution in [-0.4, -0.2) is 20.8 Å². The zero-order valence-corrected chi connectivity index (χ0v) is 5.61. The molecular formula is C5H8N4O. The van der Waals surface area contributed by atoms with E-state index in [9.17, 15) is 4.79 Å². The van der Waals surface area contributed by atoms with E-state index in [4.69, 9.17) is 5.73 Å². The second-order valence-corrected chi connectivity index (χ2v) is 2.04. The highest BCUT2D eigenvalue weighted by Crippen LogP contribution is 1.91. The molecule has 1 aromatic rings. The number of anilines is 1. The van der Waals surface area contributed by atoms with Gasteiger partial charge in [0.25, 0.3) is 0 Å². The summed E-state index contributed by atoms with van der Waals surface area (Å²) in [7, 11) is 0. The number of carbonyl (C=O) groups is 1. The minimum absolute atomic E-state index is 0.0323. The first-order chi connectivity index (χ1) is 4.68. The summed E-state index contributed by atoms with van der Waals surface area (Å²) in [4.78, 5) is 10.5. The smallest absolute Gasteiger partial charge is 0.165 e. The summed E-state index contributed by atoms with van der Waals surface area (Å²) in [6, 6.07) is 0. The summed E-state index contributed by atoms with van der Waals surface area (Å²) in [5.74, 6) is 0.367. The number of carbonyl (C=O) groups excluding carboxylic acids is 1. The Morgan fingerprint density at radius 2 is 2.60 bits per heavy atom. The van der Waals surface area contributed by atoms with E-state index in [0.717, 1.165) is 0 Å². The van der Waals surface area contributed by atoms with Gasteiger partial charge in [-0.25, -0.2) is 4.68 Å². The number of ketones is 1. The molecule has 0 aliphatic heterocycles. The van der Waals surface area contributed by atoms with Gasteiger partial charge in [0.05, 0.1) is 6.20 Å². The molecule has 5 nitrogen and oxygen atoms in total. The maximum absolute atomic E-state index is 10.5. The monoisotopic (exact) mass is 140 g/mol. The predicted molar refractivity (Wildman–Crippen MR) is 35.1 cm³/mol. The first-order valence-corrected chi connectivity index (χ1v) is 2.83. The summed E-state index contributed by atoms with van der Waals surface area (Å²) in [6.45, 7) is 1.72. The Morgan fingerprint density at radius 1 is 1.90 bits per heavy atom. The molecule has 2 N–H and O–H groups in total. The highest BCUT2D eigenvalue weighted by Gasteiger charge is 1.97. The van der Waals surface area contributed by atoms with Crippen LogP contribution >= 0.6 is 0 Å². The van der Waals surface area contributed by atoms with E-state index in [0.29, 0.717) is 5.82 Å². The number of rotatable bonds is 2. The molecule has 0 saturated carbocycles. The van der Waals surface area contributed by atoms with E-state index in [-0.39, 0.29) is 12.3 Å². The van der Waals surface area contributed by atoms with Crippen molar-refractivity contribution in [1.29, 1.82) is 0 Å². The van der Waals surface area contributed by atoms with Crippen LogP contribution in [0.5, 0.6) is 0 Å². The maximum Gasteiger partial charge on any atom is 0.165 e. The fraction of sp³-hybridized carbons (Fsp3) is 0.400. The van der Waals surface area contributed by atoms with Crippen molar-refractivity contribution in [3.8, 4) is 0 Å². The Kier molecular flexibility index (Phi) is 1.66. The van der Waals surface area contributed by atoms with Gasteiger partial charge in [0.15, 0.2) is 11.6 Å². The van der Waals surface area contributed by atoms with Crippen LogP contribution in [0.4, 0.5) is 5.82 Å². The quantitative estimate of drug-likeness (QED) is 0.598. The molecule has 0 atom stereocenters. The zero-order valence-electron chi connectivity index (χ0n) is 5.61. The van der Waals surface area contributed by atoms with Gasteiger partial charge in [0, 0.05) is 0 Å². The molecule has 0 amide bonds. The molecule has 54 valence electrons. The molecule has 1 heterocycles. The fourth-order valence-electron chi connectivity index (χ4n) is 0.619. The Balaban J connectivity index is 2.67. The number of nitrogen functional groups attached to an aromatic ring is 1. The number of nitrogens with zero attached hydrogens (tertiary/aromatic N) is 3. The third-order valence-corrected chi connectivity index (χ3v) is 0.941. The average Bonchev–Trinajstić information content (AvgIpc) is 2.13. The van der Waals surface area contributed by atoms with Crippen LogP contribution in [0.25, 0.3) is 0 Å². The summed E-state index contributed by atoms with van der Waals surface area (Å²) >= 11 is 0. The molecule has 0 unspecified atom stereocenters. The van der Waals surface area contributed by atoms with Crippen LogP contribution in [0.3, 0.4) is 0 Å². The zero-order chi connectivity index (χ0) is 7.56. The molecule has 0 radical (unpaired) electrons. The van der Waals surface area contributed by atoms with E-state index in [1.54, 1.807) is 0 Å². The van der Waals surface area contributed by atoms with Crippen LogP contribution in [-0.2, 0) is 11.3 Å². The Bertz CT molecular complexity index is 242. The summed E-state index contributed by atoms with van der Waals surface area (Å²) in [5.41, 5.74) is 5.25. The molecular weight excluding hydrogens is 132 g/mol. The van der Waals surface area contributed by atoms with Crippen molar-refractivity contribution in [3.63, 3.8) is 0 Å². The van der Waals surface area contributed by atoms with Crippen molar-refractivity contribution in [2.75, 3.05) is 5.73 Å². The van der Waals surface area contributed by atoms with Gasteiger partial charge < -0.3 is 5.73 Å². The molecule has 1 rings (SSSR count). The summed E-state index contributed by atoms with van der Waals surface area (Å²) in [6.07, 6.45) is 1.52. The highest BCUT2D eigenvalue weighted by molar-refractivity contribution is 5.75. The van der Waals surface area contributed by atoms with Gasteiger partial charge in [0.1, 0.15) is 6.54 Å². The maximum atomic E-state index is 10.5. The van der Waals surface area contributed by atoms with Crippen molar-refractivity contribution >= 4 is 11.6 Å². The second kappa shape index (κ2) is 2.47. The minimum atomic E-state index is 0.0323. The lowest BCUT2D eigenvalue weighted by molar-refractivity contribution is -0.117. The molecule has 0 bridgehead atoms. The standard InChI is InChI=1S/C5H8N4O/c1-4(10)2-9-3-5(6)7-8-9/h3H,2,6H2,1H3. The number of Topliss-reactive ketones (excluding diaryl/α,β-unsaturated/α-hetero) is 1.